The highest BCUT2D eigenvalue weighted by Crippen LogP contribution is 2.33. The lowest BCUT2D eigenvalue weighted by Crippen LogP contribution is -2.31. The molecular weight excluding hydrogens is 352 g/mol. The van der Waals surface area contributed by atoms with Gasteiger partial charge in [0, 0.05) is 18.7 Å². The minimum Gasteiger partial charge on any atom is -0.457 e. The van der Waals surface area contributed by atoms with Gasteiger partial charge in [0.1, 0.15) is 17.2 Å². The topological polar surface area (TPSA) is 81.3 Å². The van der Waals surface area contributed by atoms with Crippen molar-refractivity contribution in [3.63, 3.8) is 0 Å². The van der Waals surface area contributed by atoms with Crippen LogP contribution in [0.3, 0.4) is 0 Å². The Morgan fingerprint density at radius 1 is 0.929 bits per heavy atom. The zero-order valence-electron chi connectivity index (χ0n) is 15.5. The molecule has 3 aromatic rings. The first-order valence-electron chi connectivity index (χ1n) is 9.47. The van der Waals surface area contributed by atoms with Gasteiger partial charge in [-0.1, -0.05) is 30.3 Å². The Bertz CT molecular complexity index is 969. The number of ether oxygens (including phenoxy) is 1. The molecule has 1 aliphatic heterocycles. The molecule has 1 aromatic heterocycles. The van der Waals surface area contributed by atoms with Crippen LogP contribution in [0, 0.1) is 0 Å². The van der Waals surface area contributed by atoms with E-state index in [0.717, 1.165) is 37.2 Å². The molecule has 0 aliphatic carbocycles. The predicted molar refractivity (Wildman–Crippen MR) is 109 cm³/mol. The average Bonchev–Trinajstić information content (AvgIpc) is 2.75. The quantitative estimate of drug-likeness (QED) is 0.729. The van der Waals surface area contributed by atoms with Gasteiger partial charge in [-0.15, -0.1) is 0 Å². The number of piperidine rings is 1. The molecule has 2 aromatic carbocycles. The molecule has 6 heteroatoms. The second-order valence-corrected chi connectivity index (χ2v) is 6.76. The molecule has 6 nitrogen and oxygen atoms in total. The van der Waals surface area contributed by atoms with Crippen molar-refractivity contribution >= 4 is 11.9 Å². The van der Waals surface area contributed by atoms with Crippen LogP contribution in [0.2, 0.25) is 0 Å². The molecular formula is C22H22N4O2. The average molecular weight is 374 g/mol. The van der Waals surface area contributed by atoms with Gasteiger partial charge in [0.05, 0.1) is 5.69 Å². The number of nitrogens with two attached hydrogens (primary N) is 1. The fourth-order valence-corrected chi connectivity index (χ4v) is 3.32. The monoisotopic (exact) mass is 374 g/mol. The largest absolute Gasteiger partial charge is 0.457 e. The molecule has 0 bridgehead atoms. The van der Waals surface area contributed by atoms with E-state index in [1.807, 2.05) is 54.6 Å². The van der Waals surface area contributed by atoms with Crippen LogP contribution >= 0.6 is 0 Å². The highest BCUT2D eigenvalue weighted by Gasteiger charge is 2.19. The van der Waals surface area contributed by atoms with Crippen LogP contribution in [0.1, 0.15) is 29.8 Å². The number of anilines is 1. The van der Waals surface area contributed by atoms with Gasteiger partial charge in [0.15, 0.2) is 0 Å². The number of primary amides is 1. The Kier molecular flexibility index (Phi) is 5.19. The van der Waals surface area contributed by atoms with Crippen LogP contribution < -0.4 is 15.4 Å². The maximum Gasteiger partial charge on any atom is 0.267 e. The minimum absolute atomic E-state index is 0.208. The highest BCUT2D eigenvalue weighted by atomic mass is 16.5. The molecule has 0 radical (unpaired) electrons. The van der Waals surface area contributed by atoms with Crippen molar-refractivity contribution in [2.24, 2.45) is 5.73 Å². The van der Waals surface area contributed by atoms with E-state index in [4.69, 9.17) is 15.5 Å². The first kappa shape index (κ1) is 18.0. The summed E-state index contributed by atoms with van der Waals surface area (Å²) in [7, 11) is 0. The first-order valence-corrected chi connectivity index (χ1v) is 9.47. The van der Waals surface area contributed by atoms with Gasteiger partial charge in [-0.25, -0.2) is 9.97 Å². The second kappa shape index (κ2) is 8.08. The van der Waals surface area contributed by atoms with Gasteiger partial charge in [-0.05, 0) is 49.6 Å². The number of benzene rings is 2. The number of aromatic nitrogens is 2. The van der Waals surface area contributed by atoms with E-state index in [1.54, 1.807) is 6.07 Å². The molecule has 1 fully saturated rings. The number of amides is 1. The van der Waals surface area contributed by atoms with Gasteiger partial charge < -0.3 is 15.4 Å². The zero-order chi connectivity index (χ0) is 19.3. The van der Waals surface area contributed by atoms with Crippen molar-refractivity contribution in [1.29, 1.82) is 0 Å². The second-order valence-electron chi connectivity index (χ2n) is 6.76. The number of nitrogens with zero attached hydrogens (tertiary/aromatic N) is 3. The summed E-state index contributed by atoms with van der Waals surface area (Å²) in [6, 6.07) is 18.8. The van der Waals surface area contributed by atoms with Crippen LogP contribution in [0.4, 0.5) is 5.95 Å². The molecule has 142 valence electrons. The molecule has 0 atom stereocenters. The highest BCUT2D eigenvalue weighted by molar-refractivity contribution is 5.92. The summed E-state index contributed by atoms with van der Waals surface area (Å²) in [5.41, 5.74) is 7.16. The normalized spacial score (nSPS) is 13.9. The lowest BCUT2D eigenvalue weighted by atomic mass is 10.1. The van der Waals surface area contributed by atoms with Crippen LogP contribution in [0.25, 0.3) is 11.3 Å². The molecule has 0 saturated carbocycles. The van der Waals surface area contributed by atoms with E-state index in [1.165, 1.54) is 6.42 Å². The number of hydrogen-bond acceptors (Lipinski definition) is 5. The summed E-state index contributed by atoms with van der Waals surface area (Å²) in [5, 5.41) is 0. The third-order valence-electron chi connectivity index (χ3n) is 4.74. The van der Waals surface area contributed by atoms with E-state index < -0.39 is 5.91 Å². The molecule has 2 heterocycles. The van der Waals surface area contributed by atoms with Crippen LogP contribution in [0.5, 0.6) is 11.5 Å². The van der Waals surface area contributed by atoms with E-state index >= 15 is 0 Å². The van der Waals surface area contributed by atoms with Gasteiger partial charge in [0.2, 0.25) is 5.95 Å². The Labute approximate surface area is 164 Å². The summed E-state index contributed by atoms with van der Waals surface area (Å²) < 4.78 is 6.06. The van der Waals surface area contributed by atoms with E-state index in [9.17, 15) is 4.79 Å². The molecule has 0 spiro atoms. The van der Waals surface area contributed by atoms with Crippen molar-refractivity contribution in [2.75, 3.05) is 18.0 Å². The van der Waals surface area contributed by atoms with Gasteiger partial charge in [-0.2, -0.15) is 0 Å². The smallest absolute Gasteiger partial charge is 0.267 e. The summed E-state index contributed by atoms with van der Waals surface area (Å²) >= 11 is 0. The molecule has 1 amide bonds. The summed E-state index contributed by atoms with van der Waals surface area (Å²) in [5.74, 6) is 1.37. The molecule has 1 saturated heterocycles. The van der Waals surface area contributed by atoms with Gasteiger partial charge in [0.25, 0.3) is 5.91 Å². The van der Waals surface area contributed by atoms with E-state index in [-0.39, 0.29) is 5.69 Å². The number of rotatable bonds is 5. The van der Waals surface area contributed by atoms with Gasteiger partial charge >= 0.3 is 0 Å². The summed E-state index contributed by atoms with van der Waals surface area (Å²) in [4.78, 5) is 23.1. The molecule has 28 heavy (non-hydrogen) atoms. The molecule has 1 aliphatic rings. The number of carbonyl (C=O) groups excluding carboxylic acids is 1. The third-order valence-corrected chi connectivity index (χ3v) is 4.74. The zero-order valence-corrected chi connectivity index (χ0v) is 15.5. The Balaban J connectivity index is 1.76. The Morgan fingerprint density at radius 3 is 2.39 bits per heavy atom. The maximum atomic E-state index is 11.9. The van der Waals surface area contributed by atoms with E-state index in [0.29, 0.717) is 17.4 Å². The van der Waals surface area contributed by atoms with Crippen LogP contribution in [0.15, 0.2) is 60.7 Å². The van der Waals surface area contributed by atoms with E-state index in [2.05, 4.69) is 9.88 Å². The van der Waals surface area contributed by atoms with Crippen LogP contribution in [-0.4, -0.2) is 29.0 Å². The van der Waals surface area contributed by atoms with Crippen molar-refractivity contribution < 1.29 is 9.53 Å². The Morgan fingerprint density at radius 2 is 1.64 bits per heavy atom. The van der Waals surface area contributed by atoms with Crippen molar-refractivity contribution in [2.45, 2.75) is 19.3 Å². The van der Waals surface area contributed by atoms with Crippen LogP contribution in [-0.2, 0) is 0 Å². The Hall–Kier alpha value is -3.41. The lowest BCUT2D eigenvalue weighted by Gasteiger charge is -2.27. The maximum absolute atomic E-state index is 11.9. The summed E-state index contributed by atoms with van der Waals surface area (Å²) in [6.07, 6.45) is 3.38. The number of para-hydroxylation sites is 2. The molecule has 2 N–H and O–H groups in total. The van der Waals surface area contributed by atoms with Crippen molar-refractivity contribution in [3.8, 4) is 22.8 Å². The SMILES string of the molecule is NC(=O)c1cc(-c2ccccc2Oc2ccccc2)nc(N2CCCCC2)n1. The van der Waals surface area contributed by atoms with Crippen molar-refractivity contribution in [3.05, 3.63) is 66.4 Å². The number of carbonyl (C=O) groups is 1. The standard InChI is InChI=1S/C22H22N4O2/c23-21(27)19-15-18(24-22(25-19)26-13-7-2-8-14-26)17-11-5-6-12-20(17)28-16-9-3-1-4-10-16/h1,3-6,9-12,15H,2,7-8,13-14H2,(H2,23,27). The first-order chi connectivity index (χ1) is 13.7. The third kappa shape index (κ3) is 3.96. The summed E-state index contributed by atoms with van der Waals surface area (Å²) in [6.45, 7) is 1.76. The lowest BCUT2D eigenvalue weighted by molar-refractivity contribution is 0.0995. The molecule has 0 unspecified atom stereocenters. The predicted octanol–water partition coefficient (Wildman–Crippen LogP) is 4.03. The molecule has 4 rings (SSSR count). The fraction of sp³-hybridized carbons (Fsp3) is 0.227. The van der Waals surface area contributed by atoms with Gasteiger partial charge in [-0.3, -0.25) is 4.79 Å². The number of hydrogen-bond donors (Lipinski definition) is 1. The van der Waals surface area contributed by atoms with Crippen molar-refractivity contribution in [1.82, 2.24) is 9.97 Å². The minimum atomic E-state index is -0.566. The fourth-order valence-electron chi connectivity index (χ4n) is 3.32.